The number of anilines is 2. The van der Waals surface area contributed by atoms with E-state index in [0.29, 0.717) is 6.42 Å². The van der Waals surface area contributed by atoms with Crippen LogP contribution in [-0.2, 0) is 21.2 Å². The number of carbonyl (C=O) groups excluding carboxylic acids is 1. The number of fused-ring (bicyclic) bond motifs is 1. The third-order valence-electron chi connectivity index (χ3n) is 5.21. The van der Waals surface area contributed by atoms with Crippen LogP contribution in [0.4, 0.5) is 15.8 Å². The molecule has 0 bridgehead atoms. The summed E-state index contributed by atoms with van der Waals surface area (Å²) in [4.78, 5) is 14.9. The van der Waals surface area contributed by atoms with E-state index in [4.69, 9.17) is 0 Å². The lowest BCUT2D eigenvalue weighted by Gasteiger charge is -2.29. The maximum absolute atomic E-state index is 14.6. The van der Waals surface area contributed by atoms with Gasteiger partial charge in [0.2, 0.25) is 5.91 Å². The molecule has 0 aromatic heterocycles. The molecule has 1 aliphatic heterocycles. The standard InChI is InChI=1S/C23H21FN2O3S/c1-17-15-18-9-5-7-13-21(18)26(17)23(27)16-25(22-14-8-6-12-20(22)24)30(28,29)19-10-3-2-4-11-19/h2-14,17H,15-16H2,1H3. The molecular weight excluding hydrogens is 403 g/mol. The van der Waals surface area contributed by atoms with Gasteiger partial charge in [-0.15, -0.1) is 0 Å². The van der Waals surface area contributed by atoms with Gasteiger partial charge in [0.1, 0.15) is 12.4 Å². The fraction of sp³-hybridized carbons (Fsp3) is 0.174. The molecule has 1 amide bonds. The second-order valence-corrected chi connectivity index (χ2v) is 9.08. The molecule has 0 saturated carbocycles. The molecule has 0 spiro atoms. The summed E-state index contributed by atoms with van der Waals surface area (Å²) in [7, 11) is -4.15. The van der Waals surface area contributed by atoms with Gasteiger partial charge in [-0.05, 0) is 49.2 Å². The highest BCUT2D eigenvalue weighted by molar-refractivity contribution is 7.92. The number of halogens is 1. The molecule has 0 saturated heterocycles. The zero-order valence-corrected chi connectivity index (χ0v) is 17.2. The predicted molar refractivity (Wildman–Crippen MR) is 114 cm³/mol. The second kappa shape index (κ2) is 7.91. The van der Waals surface area contributed by atoms with Crippen molar-refractivity contribution in [3.05, 3.63) is 90.2 Å². The second-order valence-electron chi connectivity index (χ2n) is 7.22. The fourth-order valence-corrected chi connectivity index (χ4v) is 5.26. The Hall–Kier alpha value is -3.19. The maximum atomic E-state index is 14.6. The Morgan fingerprint density at radius 1 is 1.00 bits per heavy atom. The molecule has 5 nitrogen and oxygen atoms in total. The Labute approximate surface area is 175 Å². The van der Waals surface area contributed by atoms with Crippen LogP contribution in [-0.4, -0.2) is 26.9 Å². The molecule has 0 fully saturated rings. The first kappa shape index (κ1) is 20.1. The molecule has 0 N–H and O–H groups in total. The van der Waals surface area contributed by atoms with Gasteiger partial charge >= 0.3 is 0 Å². The summed E-state index contributed by atoms with van der Waals surface area (Å²) in [6.07, 6.45) is 0.688. The molecule has 4 rings (SSSR count). The predicted octanol–water partition coefficient (Wildman–Crippen LogP) is 4.00. The molecule has 1 atom stereocenters. The van der Waals surface area contributed by atoms with Gasteiger partial charge in [-0.2, -0.15) is 0 Å². The molecule has 1 heterocycles. The summed E-state index contributed by atoms with van der Waals surface area (Å²) in [6, 6.07) is 20.7. The molecular formula is C23H21FN2O3S. The Kier molecular flexibility index (Phi) is 5.30. The average Bonchev–Trinajstić information content (AvgIpc) is 3.09. The van der Waals surface area contributed by atoms with Crippen molar-refractivity contribution in [1.29, 1.82) is 0 Å². The summed E-state index contributed by atoms with van der Waals surface area (Å²) in [5, 5.41) is 0. The summed E-state index contributed by atoms with van der Waals surface area (Å²) in [5.74, 6) is -1.12. The largest absolute Gasteiger partial charge is 0.307 e. The van der Waals surface area contributed by atoms with E-state index in [1.807, 2.05) is 31.2 Å². The van der Waals surface area contributed by atoms with Crippen molar-refractivity contribution in [2.75, 3.05) is 15.7 Å². The van der Waals surface area contributed by atoms with Crippen molar-refractivity contribution in [2.45, 2.75) is 24.3 Å². The highest BCUT2D eigenvalue weighted by Crippen LogP contribution is 2.33. The van der Waals surface area contributed by atoms with Crippen molar-refractivity contribution < 1.29 is 17.6 Å². The monoisotopic (exact) mass is 424 g/mol. The Morgan fingerprint density at radius 3 is 2.37 bits per heavy atom. The number of carbonyl (C=O) groups is 1. The summed E-state index contributed by atoms with van der Waals surface area (Å²) < 4.78 is 42.2. The van der Waals surface area contributed by atoms with E-state index in [9.17, 15) is 17.6 Å². The first-order valence-electron chi connectivity index (χ1n) is 9.62. The van der Waals surface area contributed by atoms with Gasteiger partial charge in [-0.1, -0.05) is 48.5 Å². The summed E-state index contributed by atoms with van der Waals surface area (Å²) in [6.45, 7) is 1.41. The van der Waals surface area contributed by atoms with Crippen LogP contribution in [0.25, 0.3) is 0 Å². The third kappa shape index (κ3) is 3.57. The zero-order chi connectivity index (χ0) is 21.3. The Balaban J connectivity index is 1.75. The van der Waals surface area contributed by atoms with Crippen LogP contribution >= 0.6 is 0 Å². The van der Waals surface area contributed by atoms with Crippen molar-refractivity contribution in [3.8, 4) is 0 Å². The lowest BCUT2D eigenvalue weighted by Crippen LogP contribution is -2.45. The van der Waals surface area contributed by atoms with E-state index in [1.165, 1.54) is 30.3 Å². The van der Waals surface area contributed by atoms with Crippen molar-refractivity contribution >= 4 is 27.3 Å². The molecule has 1 unspecified atom stereocenters. The molecule has 1 aliphatic rings. The van der Waals surface area contributed by atoms with Gasteiger partial charge in [0.25, 0.3) is 10.0 Å². The normalized spacial score (nSPS) is 15.7. The van der Waals surface area contributed by atoms with E-state index in [2.05, 4.69) is 0 Å². The van der Waals surface area contributed by atoms with Crippen LogP contribution in [0.2, 0.25) is 0 Å². The molecule has 30 heavy (non-hydrogen) atoms. The van der Waals surface area contributed by atoms with Gasteiger partial charge in [0.15, 0.2) is 0 Å². The average molecular weight is 424 g/mol. The van der Waals surface area contributed by atoms with Crippen molar-refractivity contribution in [3.63, 3.8) is 0 Å². The van der Waals surface area contributed by atoms with Crippen LogP contribution in [0.5, 0.6) is 0 Å². The van der Waals surface area contributed by atoms with E-state index in [1.54, 1.807) is 29.2 Å². The highest BCUT2D eigenvalue weighted by atomic mass is 32.2. The number of nitrogens with zero attached hydrogens (tertiary/aromatic N) is 2. The van der Waals surface area contributed by atoms with Crippen molar-refractivity contribution in [2.24, 2.45) is 0 Å². The first-order chi connectivity index (χ1) is 14.4. The van der Waals surface area contributed by atoms with E-state index in [-0.39, 0.29) is 16.6 Å². The maximum Gasteiger partial charge on any atom is 0.264 e. The third-order valence-corrected chi connectivity index (χ3v) is 6.98. The summed E-state index contributed by atoms with van der Waals surface area (Å²) >= 11 is 0. The molecule has 7 heteroatoms. The fourth-order valence-electron chi connectivity index (χ4n) is 3.82. The number of hydrogen-bond acceptors (Lipinski definition) is 3. The van der Waals surface area contributed by atoms with Crippen LogP contribution < -0.4 is 9.21 Å². The topological polar surface area (TPSA) is 57.7 Å². The SMILES string of the molecule is CC1Cc2ccccc2N1C(=O)CN(c1ccccc1F)S(=O)(=O)c1ccccc1. The summed E-state index contributed by atoms with van der Waals surface area (Å²) in [5.41, 5.74) is 1.64. The number of sulfonamides is 1. The zero-order valence-electron chi connectivity index (χ0n) is 16.4. The quantitative estimate of drug-likeness (QED) is 0.622. The smallest absolute Gasteiger partial charge is 0.264 e. The number of benzene rings is 3. The van der Waals surface area contributed by atoms with Crippen LogP contribution in [0.15, 0.2) is 83.8 Å². The minimum absolute atomic E-state index is 0.00377. The Bertz CT molecular complexity index is 1180. The molecule has 0 aliphatic carbocycles. The van der Waals surface area contributed by atoms with Gasteiger partial charge in [-0.3, -0.25) is 9.10 Å². The molecule has 154 valence electrons. The lowest BCUT2D eigenvalue weighted by atomic mass is 10.1. The minimum atomic E-state index is -4.15. The molecule has 3 aromatic rings. The van der Waals surface area contributed by atoms with Crippen LogP contribution in [0.1, 0.15) is 12.5 Å². The van der Waals surface area contributed by atoms with E-state index in [0.717, 1.165) is 15.6 Å². The van der Waals surface area contributed by atoms with E-state index < -0.39 is 28.3 Å². The number of hydrogen-bond donors (Lipinski definition) is 0. The minimum Gasteiger partial charge on any atom is -0.307 e. The van der Waals surface area contributed by atoms with Gasteiger partial charge < -0.3 is 4.90 Å². The Morgan fingerprint density at radius 2 is 1.63 bits per heavy atom. The lowest BCUT2D eigenvalue weighted by molar-refractivity contribution is -0.117. The highest BCUT2D eigenvalue weighted by Gasteiger charge is 2.35. The molecule has 3 aromatic carbocycles. The van der Waals surface area contributed by atoms with Gasteiger partial charge in [0, 0.05) is 11.7 Å². The van der Waals surface area contributed by atoms with Gasteiger partial charge in [0.05, 0.1) is 10.6 Å². The number of rotatable bonds is 5. The van der Waals surface area contributed by atoms with Crippen molar-refractivity contribution in [1.82, 2.24) is 0 Å². The van der Waals surface area contributed by atoms with Gasteiger partial charge in [-0.25, -0.2) is 12.8 Å². The van der Waals surface area contributed by atoms with E-state index >= 15 is 0 Å². The van der Waals surface area contributed by atoms with Crippen LogP contribution in [0, 0.1) is 5.82 Å². The number of amides is 1. The van der Waals surface area contributed by atoms with Crippen LogP contribution in [0.3, 0.4) is 0 Å². The number of para-hydroxylation sites is 2. The molecule has 0 radical (unpaired) electrons. The first-order valence-corrected chi connectivity index (χ1v) is 11.1.